The van der Waals surface area contributed by atoms with Crippen molar-refractivity contribution in [2.45, 2.75) is 0 Å². The van der Waals surface area contributed by atoms with Crippen LogP contribution in [0.25, 0.3) is 0 Å². The first kappa shape index (κ1) is 13.6. The predicted molar refractivity (Wildman–Crippen MR) is 75.3 cm³/mol. The van der Waals surface area contributed by atoms with Crippen molar-refractivity contribution >= 4 is 40.7 Å². The van der Waals surface area contributed by atoms with Gasteiger partial charge < -0.3 is 10.1 Å². The van der Waals surface area contributed by atoms with Crippen LogP contribution in [0.1, 0.15) is 10.4 Å². The third-order valence-electron chi connectivity index (χ3n) is 2.37. The van der Waals surface area contributed by atoms with Gasteiger partial charge in [-0.2, -0.15) is 0 Å². The number of anilines is 2. The van der Waals surface area contributed by atoms with Gasteiger partial charge in [0, 0.05) is 16.9 Å². The van der Waals surface area contributed by atoms with Gasteiger partial charge in [0.15, 0.2) is 0 Å². The van der Waals surface area contributed by atoms with Crippen LogP contribution < -0.4 is 5.32 Å². The number of aromatic nitrogens is 1. The molecule has 1 aromatic heterocycles. The second-order valence-corrected chi connectivity index (χ2v) is 4.52. The SMILES string of the molecule is COC(=O)c1cnc(Nc2ccc(Cl)cc2)c(Cl)c1. The summed E-state index contributed by atoms with van der Waals surface area (Å²) in [5, 5.41) is 4.01. The topological polar surface area (TPSA) is 51.2 Å². The molecule has 1 N–H and O–H groups in total. The van der Waals surface area contributed by atoms with Gasteiger partial charge in [-0.25, -0.2) is 9.78 Å². The molecule has 4 nitrogen and oxygen atoms in total. The van der Waals surface area contributed by atoms with Gasteiger partial charge in [0.2, 0.25) is 0 Å². The van der Waals surface area contributed by atoms with Crippen LogP contribution in [0.15, 0.2) is 36.5 Å². The molecule has 1 aromatic carbocycles. The van der Waals surface area contributed by atoms with Gasteiger partial charge in [0.05, 0.1) is 17.7 Å². The van der Waals surface area contributed by atoms with Crippen molar-refractivity contribution in [1.82, 2.24) is 4.98 Å². The molecule has 0 unspecified atom stereocenters. The fraction of sp³-hybridized carbons (Fsp3) is 0.0769. The zero-order valence-corrected chi connectivity index (χ0v) is 11.5. The third-order valence-corrected chi connectivity index (χ3v) is 2.91. The second kappa shape index (κ2) is 5.91. The highest BCUT2D eigenvalue weighted by atomic mass is 35.5. The van der Waals surface area contributed by atoms with E-state index in [1.54, 1.807) is 24.3 Å². The highest BCUT2D eigenvalue weighted by Gasteiger charge is 2.10. The average Bonchev–Trinajstić information content (AvgIpc) is 2.42. The summed E-state index contributed by atoms with van der Waals surface area (Å²) >= 11 is 11.8. The summed E-state index contributed by atoms with van der Waals surface area (Å²) in [5.41, 5.74) is 1.10. The van der Waals surface area contributed by atoms with Crippen LogP contribution in [0.5, 0.6) is 0 Å². The lowest BCUT2D eigenvalue weighted by Gasteiger charge is -2.08. The lowest BCUT2D eigenvalue weighted by Crippen LogP contribution is -2.03. The predicted octanol–water partition coefficient (Wildman–Crippen LogP) is 3.92. The lowest BCUT2D eigenvalue weighted by molar-refractivity contribution is 0.0600. The van der Waals surface area contributed by atoms with Crippen molar-refractivity contribution in [2.75, 3.05) is 12.4 Å². The first-order valence-corrected chi connectivity index (χ1v) is 6.12. The number of hydrogen-bond acceptors (Lipinski definition) is 4. The molecule has 0 aliphatic carbocycles. The van der Waals surface area contributed by atoms with E-state index in [0.29, 0.717) is 21.4 Å². The van der Waals surface area contributed by atoms with E-state index >= 15 is 0 Å². The molecular formula is C13H10Cl2N2O2. The van der Waals surface area contributed by atoms with E-state index < -0.39 is 5.97 Å². The summed E-state index contributed by atoms with van der Waals surface area (Å²) in [4.78, 5) is 15.4. The standard InChI is InChI=1S/C13H10Cl2N2O2/c1-19-13(18)8-6-11(15)12(16-7-8)17-10-4-2-9(14)3-5-10/h2-7H,1H3,(H,16,17). The Morgan fingerprint density at radius 3 is 2.53 bits per heavy atom. The van der Waals surface area contributed by atoms with Crippen LogP contribution >= 0.6 is 23.2 Å². The minimum atomic E-state index is -0.479. The normalized spacial score (nSPS) is 10.1. The molecule has 0 bridgehead atoms. The van der Waals surface area contributed by atoms with Crippen molar-refractivity contribution in [1.29, 1.82) is 0 Å². The van der Waals surface area contributed by atoms with Gasteiger partial charge in [-0.3, -0.25) is 0 Å². The Balaban J connectivity index is 2.22. The fourth-order valence-corrected chi connectivity index (χ4v) is 1.77. The van der Waals surface area contributed by atoms with E-state index in [1.807, 2.05) is 0 Å². The molecule has 0 amide bonds. The van der Waals surface area contributed by atoms with Crippen LogP contribution in [0, 0.1) is 0 Å². The van der Waals surface area contributed by atoms with Gasteiger partial charge in [-0.15, -0.1) is 0 Å². The lowest BCUT2D eigenvalue weighted by atomic mass is 10.2. The maximum absolute atomic E-state index is 11.3. The molecule has 0 aliphatic rings. The zero-order chi connectivity index (χ0) is 13.8. The van der Waals surface area contributed by atoms with Crippen molar-refractivity contribution in [3.63, 3.8) is 0 Å². The number of benzene rings is 1. The van der Waals surface area contributed by atoms with E-state index in [0.717, 1.165) is 5.69 Å². The Labute approximate surface area is 120 Å². The van der Waals surface area contributed by atoms with Crippen LogP contribution in [-0.2, 0) is 4.74 Å². The van der Waals surface area contributed by atoms with Crippen molar-refractivity contribution in [2.24, 2.45) is 0 Å². The van der Waals surface area contributed by atoms with E-state index in [9.17, 15) is 4.79 Å². The number of carbonyl (C=O) groups is 1. The number of rotatable bonds is 3. The second-order valence-electron chi connectivity index (χ2n) is 3.68. The summed E-state index contributed by atoms with van der Waals surface area (Å²) < 4.78 is 4.59. The highest BCUT2D eigenvalue weighted by Crippen LogP contribution is 2.25. The van der Waals surface area contributed by atoms with Gasteiger partial charge in [-0.05, 0) is 30.3 Å². The van der Waals surface area contributed by atoms with E-state index in [4.69, 9.17) is 23.2 Å². The summed E-state index contributed by atoms with van der Waals surface area (Å²) in [5.74, 6) is -0.0240. The van der Waals surface area contributed by atoms with E-state index in [2.05, 4.69) is 15.0 Å². The molecule has 6 heteroatoms. The Hall–Kier alpha value is -1.78. The Morgan fingerprint density at radius 2 is 1.95 bits per heavy atom. The molecule has 0 radical (unpaired) electrons. The van der Waals surface area contributed by atoms with Crippen LogP contribution in [0.3, 0.4) is 0 Å². The van der Waals surface area contributed by atoms with E-state index in [1.165, 1.54) is 19.4 Å². The average molecular weight is 297 g/mol. The Kier molecular flexibility index (Phi) is 4.24. The largest absolute Gasteiger partial charge is 0.465 e. The number of ether oxygens (including phenoxy) is 1. The number of nitrogens with zero attached hydrogens (tertiary/aromatic N) is 1. The minimum absolute atomic E-state index is 0.300. The van der Waals surface area contributed by atoms with Crippen LogP contribution in [-0.4, -0.2) is 18.1 Å². The van der Waals surface area contributed by atoms with Crippen molar-refractivity contribution in [3.05, 3.63) is 52.1 Å². The number of nitrogens with one attached hydrogen (secondary N) is 1. The number of esters is 1. The first-order chi connectivity index (χ1) is 9.10. The monoisotopic (exact) mass is 296 g/mol. The molecular weight excluding hydrogens is 287 g/mol. The summed E-state index contributed by atoms with van der Waals surface area (Å²) in [6.07, 6.45) is 1.40. The van der Waals surface area contributed by atoms with Gasteiger partial charge >= 0.3 is 5.97 Å². The smallest absolute Gasteiger partial charge is 0.339 e. The Bertz CT molecular complexity index is 600. The molecule has 19 heavy (non-hydrogen) atoms. The molecule has 1 heterocycles. The molecule has 0 fully saturated rings. The maximum Gasteiger partial charge on any atom is 0.339 e. The van der Waals surface area contributed by atoms with Crippen LogP contribution in [0.2, 0.25) is 10.0 Å². The van der Waals surface area contributed by atoms with Gasteiger partial charge in [-0.1, -0.05) is 23.2 Å². The minimum Gasteiger partial charge on any atom is -0.465 e. The number of methoxy groups -OCH3 is 1. The van der Waals surface area contributed by atoms with Gasteiger partial charge in [0.1, 0.15) is 5.82 Å². The molecule has 0 saturated carbocycles. The molecule has 0 aliphatic heterocycles. The summed E-state index contributed by atoms with van der Waals surface area (Å²) in [6.45, 7) is 0. The molecule has 2 rings (SSSR count). The number of hydrogen-bond donors (Lipinski definition) is 1. The van der Waals surface area contributed by atoms with Crippen LogP contribution in [0.4, 0.5) is 11.5 Å². The van der Waals surface area contributed by atoms with Crippen molar-refractivity contribution in [3.8, 4) is 0 Å². The fourth-order valence-electron chi connectivity index (χ4n) is 1.43. The maximum atomic E-state index is 11.3. The summed E-state index contributed by atoms with van der Waals surface area (Å²) in [7, 11) is 1.30. The quantitative estimate of drug-likeness (QED) is 0.872. The summed E-state index contributed by atoms with van der Waals surface area (Å²) in [6, 6.07) is 8.60. The Morgan fingerprint density at radius 1 is 1.26 bits per heavy atom. The highest BCUT2D eigenvalue weighted by molar-refractivity contribution is 6.33. The first-order valence-electron chi connectivity index (χ1n) is 5.36. The molecule has 2 aromatic rings. The molecule has 0 saturated heterocycles. The van der Waals surface area contributed by atoms with Gasteiger partial charge in [0.25, 0.3) is 0 Å². The zero-order valence-electron chi connectivity index (χ0n) is 9.98. The van der Waals surface area contributed by atoms with Crippen molar-refractivity contribution < 1.29 is 9.53 Å². The van der Waals surface area contributed by atoms with E-state index in [-0.39, 0.29) is 0 Å². The third kappa shape index (κ3) is 3.36. The number of pyridine rings is 1. The molecule has 98 valence electrons. The number of halogens is 2. The molecule has 0 spiro atoms. The molecule has 0 atom stereocenters. The number of carbonyl (C=O) groups excluding carboxylic acids is 1.